The lowest BCUT2D eigenvalue weighted by Crippen LogP contribution is -2.40. The smallest absolute Gasteiger partial charge is 0.291 e. The van der Waals surface area contributed by atoms with Gasteiger partial charge in [-0.2, -0.15) is 0 Å². The molecule has 1 aliphatic rings. The summed E-state index contributed by atoms with van der Waals surface area (Å²) in [5, 5.41) is 0. The van der Waals surface area contributed by atoms with E-state index in [1.165, 1.54) is 0 Å². The second kappa shape index (κ2) is 5.65. The quantitative estimate of drug-likeness (QED) is 0.825. The van der Waals surface area contributed by atoms with Gasteiger partial charge in [0.15, 0.2) is 0 Å². The molecule has 0 aliphatic carbocycles. The molecule has 0 bridgehead atoms. The summed E-state index contributed by atoms with van der Waals surface area (Å²) < 4.78 is 0. The maximum absolute atomic E-state index is 12.3. The third-order valence-corrected chi connectivity index (χ3v) is 3.78. The summed E-state index contributed by atoms with van der Waals surface area (Å²) in [6.45, 7) is 8.23. The van der Waals surface area contributed by atoms with Crippen molar-refractivity contribution in [3.63, 3.8) is 0 Å². The van der Waals surface area contributed by atoms with Crippen LogP contribution in [0, 0.1) is 6.92 Å². The molecule has 0 spiro atoms. The minimum atomic E-state index is -0.0840. The zero-order valence-electron chi connectivity index (χ0n) is 12.1. The van der Waals surface area contributed by atoms with Gasteiger partial charge in [0.2, 0.25) is 5.82 Å². The fraction of sp³-hybridized carbons (Fsp3) is 0.643. The average molecular weight is 262 g/mol. The molecule has 1 aliphatic heterocycles. The van der Waals surface area contributed by atoms with Gasteiger partial charge in [-0.25, -0.2) is 9.97 Å². The molecule has 1 saturated heterocycles. The first kappa shape index (κ1) is 13.9. The lowest BCUT2D eigenvalue weighted by atomic mass is 10.2. The Bertz CT molecular complexity index is 461. The first-order valence-corrected chi connectivity index (χ1v) is 6.80. The van der Waals surface area contributed by atoms with E-state index in [0.29, 0.717) is 11.9 Å². The van der Waals surface area contributed by atoms with Crippen molar-refractivity contribution in [1.82, 2.24) is 19.8 Å². The Hall–Kier alpha value is -1.49. The molecule has 2 rings (SSSR count). The van der Waals surface area contributed by atoms with E-state index in [2.05, 4.69) is 28.7 Å². The summed E-state index contributed by atoms with van der Waals surface area (Å²) in [5.74, 6) is 0.213. The summed E-state index contributed by atoms with van der Waals surface area (Å²) in [5.41, 5.74) is 0.821. The van der Waals surface area contributed by atoms with Gasteiger partial charge in [-0.3, -0.25) is 9.69 Å². The molecular weight excluding hydrogens is 240 g/mol. The summed E-state index contributed by atoms with van der Waals surface area (Å²) in [4.78, 5) is 24.8. The molecule has 104 valence electrons. The first-order valence-electron chi connectivity index (χ1n) is 6.80. The van der Waals surface area contributed by atoms with E-state index in [1.807, 2.05) is 14.0 Å². The van der Waals surface area contributed by atoms with Crippen LogP contribution in [0.5, 0.6) is 0 Å². The highest BCUT2D eigenvalue weighted by atomic mass is 16.2. The number of amides is 1. The van der Waals surface area contributed by atoms with Crippen molar-refractivity contribution in [2.45, 2.75) is 39.3 Å². The number of rotatable bonds is 3. The Labute approximate surface area is 114 Å². The highest BCUT2D eigenvalue weighted by Crippen LogP contribution is 2.17. The van der Waals surface area contributed by atoms with Crippen LogP contribution in [-0.2, 0) is 0 Å². The molecule has 1 unspecified atom stereocenters. The van der Waals surface area contributed by atoms with Crippen molar-refractivity contribution < 1.29 is 4.79 Å². The number of carbonyl (C=O) groups is 1. The first-order chi connectivity index (χ1) is 8.99. The lowest BCUT2D eigenvalue weighted by molar-refractivity contribution is 0.0719. The largest absolute Gasteiger partial charge is 0.335 e. The van der Waals surface area contributed by atoms with Gasteiger partial charge >= 0.3 is 0 Å². The summed E-state index contributed by atoms with van der Waals surface area (Å²) in [6.07, 6.45) is 2.66. The molecule has 0 radical (unpaired) electrons. The normalized spacial score (nSPS) is 19.9. The van der Waals surface area contributed by atoms with Gasteiger partial charge in [0.05, 0.1) is 0 Å². The third-order valence-electron chi connectivity index (χ3n) is 3.78. The number of nitrogens with zero attached hydrogens (tertiary/aromatic N) is 4. The molecule has 5 heteroatoms. The summed E-state index contributed by atoms with van der Waals surface area (Å²) in [7, 11) is 1.85. The minimum absolute atomic E-state index is 0.0840. The van der Waals surface area contributed by atoms with Crippen molar-refractivity contribution in [2.75, 3.05) is 20.1 Å². The van der Waals surface area contributed by atoms with Crippen LogP contribution >= 0.6 is 0 Å². The number of likely N-dealkylation sites (tertiary alicyclic amines) is 1. The van der Waals surface area contributed by atoms with E-state index in [-0.39, 0.29) is 11.9 Å². The van der Waals surface area contributed by atoms with Crippen molar-refractivity contribution in [3.8, 4) is 0 Å². The predicted molar refractivity (Wildman–Crippen MR) is 74.0 cm³/mol. The van der Waals surface area contributed by atoms with Crippen LogP contribution in [0.2, 0.25) is 0 Å². The molecule has 1 aromatic heterocycles. The van der Waals surface area contributed by atoms with E-state index in [0.717, 1.165) is 25.2 Å². The monoisotopic (exact) mass is 262 g/mol. The molecule has 2 heterocycles. The third kappa shape index (κ3) is 3.10. The topological polar surface area (TPSA) is 49.3 Å². The number of hydrogen-bond donors (Lipinski definition) is 0. The van der Waals surface area contributed by atoms with E-state index in [4.69, 9.17) is 0 Å². The summed E-state index contributed by atoms with van der Waals surface area (Å²) >= 11 is 0. The number of carbonyl (C=O) groups excluding carboxylic acids is 1. The van der Waals surface area contributed by atoms with Crippen molar-refractivity contribution in [1.29, 1.82) is 0 Å². The minimum Gasteiger partial charge on any atom is -0.335 e. The maximum atomic E-state index is 12.3. The van der Waals surface area contributed by atoms with Gasteiger partial charge in [-0.05, 0) is 33.3 Å². The molecule has 0 saturated carbocycles. The fourth-order valence-electron chi connectivity index (χ4n) is 2.43. The standard InChI is InChI=1S/C14H22N4O/c1-10(2)18-8-6-12(9-18)17(4)14(19)13-15-7-5-11(3)16-13/h5,7,10,12H,6,8-9H2,1-4H3. The molecule has 1 amide bonds. The van der Waals surface area contributed by atoms with Gasteiger partial charge in [0.1, 0.15) is 0 Å². The number of hydrogen-bond acceptors (Lipinski definition) is 4. The molecule has 0 N–H and O–H groups in total. The number of aromatic nitrogens is 2. The van der Waals surface area contributed by atoms with E-state index in [1.54, 1.807) is 17.2 Å². The zero-order valence-corrected chi connectivity index (χ0v) is 12.1. The molecule has 1 atom stereocenters. The van der Waals surface area contributed by atoms with Crippen LogP contribution in [0.25, 0.3) is 0 Å². The van der Waals surface area contributed by atoms with Crippen LogP contribution < -0.4 is 0 Å². The number of aryl methyl sites for hydroxylation is 1. The van der Waals surface area contributed by atoms with E-state index in [9.17, 15) is 4.79 Å². The molecule has 0 aromatic carbocycles. The Morgan fingerprint density at radius 3 is 2.84 bits per heavy atom. The number of likely N-dealkylation sites (N-methyl/N-ethyl adjacent to an activating group) is 1. The van der Waals surface area contributed by atoms with Gasteiger partial charge in [0.25, 0.3) is 5.91 Å². The van der Waals surface area contributed by atoms with Gasteiger partial charge in [-0.1, -0.05) is 0 Å². The van der Waals surface area contributed by atoms with Crippen molar-refractivity contribution >= 4 is 5.91 Å². The molecule has 5 nitrogen and oxygen atoms in total. The zero-order chi connectivity index (χ0) is 14.0. The van der Waals surface area contributed by atoms with E-state index >= 15 is 0 Å². The second-order valence-corrected chi connectivity index (χ2v) is 5.47. The fourth-order valence-corrected chi connectivity index (χ4v) is 2.43. The lowest BCUT2D eigenvalue weighted by Gasteiger charge is -2.25. The van der Waals surface area contributed by atoms with Crippen LogP contribution in [0.4, 0.5) is 0 Å². The molecular formula is C14H22N4O. The van der Waals surface area contributed by atoms with Crippen molar-refractivity contribution in [3.05, 3.63) is 23.8 Å². The maximum Gasteiger partial charge on any atom is 0.291 e. The van der Waals surface area contributed by atoms with E-state index < -0.39 is 0 Å². The molecule has 19 heavy (non-hydrogen) atoms. The molecule has 1 fully saturated rings. The Balaban J connectivity index is 2.04. The van der Waals surface area contributed by atoms with Crippen LogP contribution in [-0.4, -0.2) is 57.9 Å². The second-order valence-electron chi connectivity index (χ2n) is 5.47. The Morgan fingerprint density at radius 1 is 1.53 bits per heavy atom. The van der Waals surface area contributed by atoms with Crippen LogP contribution in [0.1, 0.15) is 36.6 Å². The van der Waals surface area contributed by atoms with Crippen molar-refractivity contribution in [2.24, 2.45) is 0 Å². The predicted octanol–water partition coefficient (Wildman–Crippen LogP) is 1.34. The highest BCUT2D eigenvalue weighted by Gasteiger charge is 2.30. The van der Waals surface area contributed by atoms with Gasteiger partial charge in [-0.15, -0.1) is 0 Å². The Kier molecular flexibility index (Phi) is 4.14. The van der Waals surface area contributed by atoms with Gasteiger partial charge < -0.3 is 4.90 Å². The Morgan fingerprint density at radius 2 is 2.26 bits per heavy atom. The SMILES string of the molecule is Cc1ccnc(C(=O)N(C)C2CCN(C(C)C)C2)n1. The van der Waals surface area contributed by atoms with Crippen LogP contribution in [0.3, 0.4) is 0 Å². The molecule has 1 aromatic rings. The summed E-state index contributed by atoms with van der Waals surface area (Å²) in [6, 6.07) is 2.59. The van der Waals surface area contributed by atoms with Gasteiger partial charge in [0, 0.05) is 44.1 Å². The highest BCUT2D eigenvalue weighted by molar-refractivity contribution is 5.90. The average Bonchev–Trinajstić information content (AvgIpc) is 2.86. The van der Waals surface area contributed by atoms with Crippen LogP contribution in [0.15, 0.2) is 12.3 Å².